The second kappa shape index (κ2) is 9.22. The van der Waals surface area contributed by atoms with Gasteiger partial charge in [-0.2, -0.15) is 0 Å². The maximum absolute atomic E-state index is 13.5. The number of guanidine groups is 1. The largest absolute Gasteiger partial charge is 0.357 e. The minimum atomic E-state index is -2.98. The fraction of sp³-hybridized carbons (Fsp3) is 0.533. The Morgan fingerprint density at radius 1 is 1.43 bits per heavy atom. The minimum Gasteiger partial charge on any atom is -0.357 e. The summed E-state index contributed by atoms with van der Waals surface area (Å²) in [5.41, 5.74) is 0.756. The summed E-state index contributed by atoms with van der Waals surface area (Å²) in [7, 11) is -2.98. The van der Waals surface area contributed by atoms with Gasteiger partial charge in [0.1, 0.15) is 15.7 Å². The van der Waals surface area contributed by atoms with Gasteiger partial charge in [-0.25, -0.2) is 17.8 Å². The van der Waals surface area contributed by atoms with Gasteiger partial charge in [-0.15, -0.1) is 0 Å². The van der Waals surface area contributed by atoms with Crippen LogP contribution < -0.4 is 10.6 Å². The Hall–Kier alpha value is -1.15. The highest BCUT2D eigenvalue weighted by Gasteiger charge is 2.09. The lowest BCUT2D eigenvalue weighted by Gasteiger charge is -2.17. The zero-order valence-corrected chi connectivity index (χ0v) is 16.0. The predicted octanol–water partition coefficient (Wildman–Crippen LogP) is 2.47. The number of nitrogens with zero attached hydrogens (tertiary/aromatic N) is 1. The van der Waals surface area contributed by atoms with Crippen LogP contribution in [0, 0.1) is 5.82 Å². The van der Waals surface area contributed by atoms with E-state index in [2.05, 4.69) is 31.6 Å². The molecular weight excluding hydrogens is 385 g/mol. The van der Waals surface area contributed by atoms with Crippen molar-refractivity contribution >= 4 is 31.7 Å². The van der Waals surface area contributed by atoms with Gasteiger partial charge < -0.3 is 10.6 Å². The molecule has 0 radical (unpaired) electrons. The second-order valence-corrected chi connectivity index (χ2v) is 8.52. The fourth-order valence-corrected chi connectivity index (χ4v) is 2.85. The average Bonchev–Trinajstić information content (AvgIpc) is 2.45. The monoisotopic (exact) mass is 407 g/mol. The van der Waals surface area contributed by atoms with Crippen molar-refractivity contribution in [2.24, 2.45) is 4.99 Å². The van der Waals surface area contributed by atoms with Gasteiger partial charge in [-0.1, -0.05) is 6.07 Å². The molecule has 0 saturated carbocycles. The highest BCUT2D eigenvalue weighted by Crippen LogP contribution is 2.16. The molecule has 1 unspecified atom stereocenters. The number of nitrogens with one attached hydrogen (secondary N) is 2. The lowest BCUT2D eigenvalue weighted by atomic mass is 10.2. The van der Waals surface area contributed by atoms with Crippen molar-refractivity contribution in [3.05, 3.63) is 34.1 Å². The zero-order valence-electron chi connectivity index (χ0n) is 13.6. The highest BCUT2D eigenvalue weighted by atomic mass is 79.9. The molecule has 0 amide bonds. The van der Waals surface area contributed by atoms with Gasteiger partial charge in [0.05, 0.1) is 16.8 Å². The van der Waals surface area contributed by atoms with E-state index in [1.165, 1.54) is 12.3 Å². The summed E-state index contributed by atoms with van der Waals surface area (Å²) in [4.78, 5) is 4.40. The Balaban J connectivity index is 2.67. The minimum absolute atomic E-state index is 0.0378. The van der Waals surface area contributed by atoms with Crippen molar-refractivity contribution in [2.45, 2.75) is 32.9 Å². The van der Waals surface area contributed by atoms with Gasteiger partial charge in [0, 0.05) is 18.8 Å². The molecule has 0 heterocycles. The van der Waals surface area contributed by atoms with Crippen molar-refractivity contribution in [1.82, 2.24) is 10.6 Å². The zero-order chi connectivity index (χ0) is 17.5. The third-order valence-corrected chi connectivity index (χ3v) is 4.67. The molecule has 0 spiro atoms. The van der Waals surface area contributed by atoms with Gasteiger partial charge in [-0.3, -0.25) is 0 Å². The Morgan fingerprint density at radius 2 is 2.13 bits per heavy atom. The summed E-state index contributed by atoms with van der Waals surface area (Å²) in [6.45, 7) is 4.85. The van der Waals surface area contributed by atoms with Crippen molar-refractivity contribution in [2.75, 3.05) is 18.6 Å². The molecule has 1 aromatic rings. The van der Waals surface area contributed by atoms with Crippen molar-refractivity contribution in [3.63, 3.8) is 0 Å². The van der Waals surface area contributed by atoms with Crippen LogP contribution in [0.25, 0.3) is 0 Å². The molecule has 0 aromatic heterocycles. The second-order valence-electron chi connectivity index (χ2n) is 5.41. The number of hydrogen-bond acceptors (Lipinski definition) is 3. The summed E-state index contributed by atoms with van der Waals surface area (Å²) in [6, 6.07) is 4.84. The van der Waals surface area contributed by atoms with Crippen LogP contribution in [0.3, 0.4) is 0 Å². The molecule has 8 heteroatoms. The maximum Gasteiger partial charge on any atom is 0.191 e. The first-order chi connectivity index (χ1) is 10.7. The smallest absolute Gasteiger partial charge is 0.191 e. The van der Waals surface area contributed by atoms with E-state index in [1.54, 1.807) is 12.1 Å². The third kappa shape index (κ3) is 8.31. The standard InChI is InChI=1S/C15H23BrFN3O2S/c1-4-18-15(20-11(2)7-8-23(3,21)22)19-10-12-5-6-13(16)14(17)9-12/h5-6,9,11H,4,7-8,10H2,1-3H3,(H2,18,19,20). The number of sulfone groups is 1. The first kappa shape index (κ1) is 19.9. The molecule has 130 valence electrons. The Bertz CT molecular complexity index is 650. The molecule has 1 aromatic carbocycles. The molecular formula is C15H23BrFN3O2S. The SMILES string of the molecule is CCNC(=NCc1ccc(Br)c(F)c1)NC(C)CCS(C)(=O)=O. The van der Waals surface area contributed by atoms with E-state index in [9.17, 15) is 12.8 Å². The normalized spacial score (nSPS) is 13.7. The van der Waals surface area contributed by atoms with Crippen LogP contribution in [0.5, 0.6) is 0 Å². The molecule has 0 fully saturated rings. The molecule has 0 saturated heterocycles. The molecule has 0 aliphatic heterocycles. The number of hydrogen-bond donors (Lipinski definition) is 2. The molecule has 1 rings (SSSR count). The van der Waals surface area contributed by atoms with Gasteiger partial charge >= 0.3 is 0 Å². The average molecular weight is 408 g/mol. The van der Waals surface area contributed by atoms with Gasteiger partial charge in [0.25, 0.3) is 0 Å². The summed E-state index contributed by atoms with van der Waals surface area (Å²) in [5, 5.41) is 6.25. The van der Waals surface area contributed by atoms with E-state index >= 15 is 0 Å². The van der Waals surface area contributed by atoms with Gasteiger partial charge in [-0.05, 0) is 53.9 Å². The van der Waals surface area contributed by atoms with Crippen LogP contribution >= 0.6 is 15.9 Å². The molecule has 23 heavy (non-hydrogen) atoms. The van der Waals surface area contributed by atoms with E-state index in [0.717, 1.165) is 5.56 Å². The maximum atomic E-state index is 13.5. The number of aliphatic imine (C=N–C) groups is 1. The molecule has 1 atom stereocenters. The summed E-state index contributed by atoms with van der Waals surface area (Å²) < 4.78 is 36.3. The molecule has 5 nitrogen and oxygen atoms in total. The number of halogens is 2. The van der Waals surface area contributed by atoms with Crippen LogP contribution in [-0.2, 0) is 16.4 Å². The first-order valence-electron chi connectivity index (χ1n) is 7.37. The van der Waals surface area contributed by atoms with Crippen LogP contribution in [0.2, 0.25) is 0 Å². The summed E-state index contributed by atoms with van der Waals surface area (Å²) in [6.07, 6.45) is 1.72. The van der Waals surface area contributed by atoms with Crippen molar-refractivity contribution < 1.29 is 12.8 Å². The quantitative estimate of drug-likeness (QED) is 0.537. The molecule has 0 aliphatic rings. The highest BCUT2D eigenvalue weighted by molar-refractivity contribution is 9.10. The van der Waals surface area contributed by atoms with Gasteiger partial charge in [0.15, 0.2) is 5.96 Å². The topological polar surface area (TPSA) is 70.6 Å². The van der Waals surface area contributed by atoms with Crippen LogP contribution in [0.1, 0.15) is 25.8 Å². The Kier molecular flexibility index (Phi) is 7.98. The van der Waals surface area contributed by atoms with E-state index in [-0.39, 0.29) is 17.6 Å². The van der Waals surface area contributed by atoms with Gasteiger partial charge in [0.2, 0.25) is 0 Å². The van der Waals surface area contributed by atoms with Crippen molar-refractivity contribution in [3.8, 4) is 0 Å². The Labute approximate surface area is 145 Å². The number of benzene rings is 1. The molecule has 2 N–H and O–H groups in total. The van der Waals surface area contributed by atoms with E-state index in [4.69, 9.17) is 0 Å². The molecule has 0 aliphatic carbocycles. The third-order valence-electron chi connectivity index (χ3n) is 3.05. The lowest BCUT2D eigenvalue weighted by Crippen LogP contribution is -2.42. The van der Waals surface area contributed by atoms with Crippen molar-refractivity contribution in [1.29, 1.82) is 0 Å². The Morgan fingerprint density at radius 3 is 2.70 bits per heavy atom. The first-order valence-corrected chi connectivity index (χ1v) is 10.2. The fourth-order valence-electron chi connectivity index (χ4n) is 1.82. The van der Waals surface area contributed by atoms with E-state index in [0.29, 0.717) is 29.9 Å². The van der Waals surface area contributed by atoms with Crippen LogP contribution in [0.4, 0.5) is 4.39 Å². The van der Waals surface area contributed by atoms with Crippen LogP contribution in [0.15, 0.2) is 27.7 Å². The number of rotatable bonds is 7. The summed E-state index contributed by atoms with van der Waals surface area (Å²) in [5.74, 6) is 0.382. The summed E-state index contributed by atoms with van der Waals surface area (Å²) >= 11 is 3.12. The van der Waals surface area contributed by atoms with E-state index in [1.807, 2.05) is 13.8 Å². The van der Waals surface area contributed by atoms with Crippen LogP contribution in [-0.4, -0.2) is 39.0 Å². The molecule has 0 bridgehead atoms. The van der Waals surface area contributed by atoms with E-state index < -0.39 is 9.84 Å². The lowest BCUT2D eigenvalue weighted by molar-refractivity contribution is 0.581. The predicted molar refractivity (Wildman–Crippen MR) is 95.8 cm³/mol.